The molecule has 3 rings (SSSR count). The SMILES string of the molecule is Cc1cc(C)c(CNCC2(C3CC3)CC2)c(C)c1. The van der Waals surface area contributed by atoms with Gasteiger partial charge in [0.15, 0.2) is 0 Å². The van der Waals surface area contributed by atoms with Crippen LogP contribution in [0.1, 0.15) is 47.9 Å². The van der Waals surface area contributed by atoms with Crippen LogP contribution in [-0.2, 0) is 6.54 Å². The van der Waals surface area contributed by atoms with Crippen molar-refractivity contribution in [2.24, 2.45) is 11.3 Å². The van der Waals surface area contributed by atoms with E-state index in [-0.39, 0.29) is 0 Å². The van der Waals surface area contributed by atoms with E-state index in [0.29, 0.717) is 5.41 Å². The normalized spacial score (nSPS) is 21.1. The predicted molar refractivity (Wildman–Crippen MR) is 76.8 cm³/mol. The summed E-state index contributed by atoms with van der Waals surface area (Å²) in [6.07, 6.45) is 5.92. The minimum Gasteiger partial charge on any atom is -0.312 e. The van der Waals surface area contributed by atoms with Crippen molar-refractivity contribution < 1.29 is 0 Å². The van der Waals surface area contributed by atoms with Crippen LogP contribution in [0.2, 0.25) is 0 Å². The molecule has 0 aromatic heterocycles. The minimum absolute atomic E-state index is 0.715. The van der Waals surface area contributed by atoms with Gasteiger partial charge in [-0.05, 0) is 74.5 Å². The molecule has 1 aromatic rings. The summed E-state index contributed by atoms with van der Waals surface area (Å²) < 4.78 is 0. The highest BCUT2D eigenvalue weighted by atomic mass is 14.9. The first-order chi connectivity index (χ1) is 8.61. The lowest BCUT2D eigenvalue weighted by Gasteiger charge is -2.17. The minimum atomic E-state index is 0.715. The molecule has 2 aliphatic rings. The zero-order chi connectivity index (χ0) is 12.8. The van der Waals surface area contributed by atoms with Gasteiger partial charge in [0.1, 0.15) is 0 Å². The van der Waals surface area contributed by atoms with E-state index in [0.717, 1.165) is 12.5 Å². The molecule has 1 N–H and O–H groups in total. The predicted octanol–water partition coefficient (Wildman–Crippen LogP) is 3.89. The molecule has 2 saturated carbocycles. The molecule has 0 heterocycles. The van der Waals surface area contributed by atoms with Crippen molar-refractivity contribution in [2.45, 2.75) is 53.0 Å². The van der Waals surface area contributed by atoms with Crippen LogP contribution in [0.3, 0.4) is 0 Å². The number of benzene rings is 1. The first-order valence-electron chi connectivity index (χ1n) is 7.38. The monoisotopic (exact) mass is 243 g/mol. The Morgan fingerprint density at radius 3 is 2.22 bits per heavy atom. The lowest BCUT2D eigenvalue weighted by atomic mass is 9.98. The third-order valence-corrected chi connectivity index (χ3v) is 4.95. The van der Waals surface area contributed by atoms with Crippen LogP contribution in [-0.4, -0.2) is 6.54 Å². The fraction of sp³-hybridized carbons (Fsp3) is 0.647. The third-order valence-electron chi connectivity index (χ3n) is 4.95. The number of hydrogen-bond donors (Lipinski definition) is 1. The van der Waals surface area contributed by atoms with Gasteiger partial charge < -0.3 is 5.32 Å². The van der Waals surface area contributed by atoms with Gasteiger partial charge in [-0.2, -0.15) is 0 Å². The molecule has 1 aromatic carbocycles. The van der Waals surface area contributed by atoms with E-state index in [1.165, 1.54) is 54.5 Å². The van der Waals surface area contributed by atoms with Gasteiger partial charge in [-0.1, -0.05) is 17.7 Å². The number of rotatable bonds is 5. The summed E-state index contributed by atoms with van der Waals surface area (Å²) in [4.78, 5) is 0. The van der Waals surface area contributed by atoms with E-state index in [2.05, 4.69) is 38.2 Å². The molecule has 0 aliphatic heterocycles. The van der Waals surface area contributed by atoms with E-state index >= 15 is 0 Å². The standard InChI is InChI=1S/C17H25N/c1-12-8-13(2)16(14(3)9-12)10-18-11-17(6-7-17)15-4-5-15/h8-9,15,18H,4-7,10-11H2,1-3H3. The van der Waals surface area contributed by atoms with Gasteiger partial charge in [-0.15, -0.1) is 0 Å². The molecule has 0 atom stereocenters. The molecule has 0 saturated heterocycles. The maximum absolute atomic E-state index is 3.73. The van der Waals surface area contributed by atoms with E-state index in [9.17, 15) is 0 Å². The topological polar surface area (TPSA) is 12.0 Å². The summed E-state index contributed by atoms with van der Waals surface area (Å²) in [6.45, 7) is 8.95. The highest BCUT2D eigenvalue weighted by Crippen LogP contribution is 2.60. The summed E-state index contributed by atoms with van der Waals surface area (Å²) >= 11 is 0. The molecular formula is C17H25N. The van der Waals surface area contributed by atoms with Gasteiger partial charge in [-0.3, -0.25) is 0 Å². The van der Waals surface area contributed by atoms with E-state index in [1.54, 1.807) is 0 Å². The smallest absolute Gasteiger partial charge is 0.0210 e. The molecule has 18 heavy (non-hydrogen) atoms. The second kappa shape index (κ2) is 4.38. The molecule has 0 unspecified atom stereocenters. The first kappa shape index (κ1) is 12.2. The quantitative estimate of drug-likeness (QED) is 0.827. The molecule has 2 fully saturated rings. The lowest BCUT2D eigenvalue weighted by Crippen LogP contribution is -2.25. The van der Waals surface area contributed by atoms with E-state index in [1.807, 2.05) is 0 Å². The van der Waals surface area contributed by atoms with Gasteiger partial charge in [0.05, 0.1) is 0 Å². The summed E-state index contributed by atoms with van der Waals surface area (Å²) in [6, 6.07) is 4.61. The maximum atomic E-state index is 3.73. The Hall–Kier alpha value is -0.820. The highest BCUT2D eigenvalue weighted by molar-refractivity contribution is 5.37. The van der Waals surface area contributed by atoms with Crippen LogP contribution < -0.4 is 5.32 Å². The van der Waals surface area contributed by atoms with Crippen LogP contribution >= 0.6 is 0 Å². The number of nitrogens with one attached hydrogen (secondary N) is 1. The summed E-state index contributed by atoms with van der Waals surface area (Å²) in [5.74, 6) is 1.06. The Morgan fingerprint density at radius 1 is 1.11 bits per heavy atom. The van der Waals surface area contributed by atoms with Gasteiger partial charge in [0.25, 0.3) is 0 Å². The van der Waals surface area contributed by atoms with Gasteiger partial charge in [0, 0.05) is 13.1 Å². The largest absolute Gasteiger partial charge is 0.312 e. The summed E-state index contributed by atoms with van der Waals surface area (Å²) in [7, 11) is 0. The van der Waals surface area contributed by atoms with Crippen LogP contribution in [0.25, 0.3) is 0 Å². The Bertz CT molecular complexity index is 430. The fourth-order valence-corrected chi connectivity index (χ4v) is 3.51. The van der Waals surface area contributed by atoms with Crippen molar-refractivity contribution in [1.29, 1.82) is 0 Å². The molecule has 1 nitrogen and oxygen atoms in total. The summed E-state index contributed by atoms with van der Waals surface area (Å²) in [5.41, 5.74) is 6.48. The lowest BCUT2D eigenvalue weighted by molar-refractivity contribution is 0.403. The van der Waals surface area contributed by atoms with Gasteiger partial charge >= 0.3 is 0 Å². The second-order valence-electron chi connectivity index (χ2n) is 6.62. The van der Waals surface area contributed by atoms with Crippen molar-refractivity contribution in [1.82, 2.24) is 5.32 Å². The van der Waals surface area contributed by atoms with Crippen LogP contribution in [0.5, 0.6) is 0 Å². The first-order valence-corrected chi connectivity index (χ1v) is 7.38. The molecule has 98 valence electrons. The molecule has 2 aliphatic carbocycles. The van der Waals surface area contributed by atoms with Crippen molar-refractivity contribution in [3.63, 3.8) is 0 Å². The van der Waals surface area contributed by atoms with Crippen LogP contribution in [0.15, 0.2) is 12.1 Å². The third kappa shape index (κ3) is 2.33. The Kier molecular flexibility index (Phi) is 2.97. The van der Waals surface area contributed by atoms with E-state index in [4.69, 9.17) is 0 Å². The maximum Gasteiger partial charge on any atom is 0.0210 e. The summed E-state index contributed by atoms with van der Waals surface area (Å²) in [5, 5.41) is 3.73. The molecule has 0 spiro atoms. The average Bonchev–Trinajstić information content (AvgIpc) is 3.12. The van der Waals surface area contributed by atoms with Crippen molar-refractivity contribution in [2.75, 3.05) is 6.54 Å². The molecule has 1 heteroatoms. The Morgan fingerprint density at radius 2 is 1.72 bits per heavy atom. The van der Waals surface area contributed by atoms with Crippen LogP contribution in [0.4, 0.5) is 0 Å². The zero-order valence-corrected chi connectivity index (χ0v) is 12.0. The molecule has 0 bridgehead atoms. The highest BCUT2D eigenvalue weighted by Gasteiger charge is 2.53. The van der Waals surface area contributed by atoms with Crippen molar-refractivity contribution in [3.05, 3.63) is 34.4 Å². The Balaban J connectivity index is 1.60. The second-order valence-corrected chi connectivity index (χ2v) is 6.62. The van der Waals surface area contributed by atoms with Gasteiger partial charge in [-0.25, -0.2) is 0 Å². The zero-order valence-electron chi connectivity index (χ0n) is 12.0. The Labute approximate surface area is 111 Å². The van der Waals surface area contributed by atoms with Crippen molar-refractivity contribution in [3.8, 4) is 0 Å². The van der Waals surface area contributed by atoms with Crippen LogP contribution in [0, 0.1) is 32.1 Å². The van der Waals surface area contributed by atoms with Gasteiger partial charge in [0.2, 0.25) is 0 Å². The molecule has 0 radical (unpaired) electrons. The average molecular weight is 243 g/mol. The fourth-order valence-electron chi connectivity index (χ4n) is 3.51. The molecule has 0 amide bonds. The van der Waals surface area contributed by atoms with Crippen molar-refractivity contribution >= 4 is 0 Å². The van der Waals surface area contributed by atoms with E-state index < -0.39 is 0 Å². The number of hydrogen-bond acceptors (Lipinski definition) is 1. The molecular weight excluding hydrogens is 218 g/mol. The number of aryl methyl sites for hydroxylation is 3.